The highest BCUT2D eigenvalue weighted by atomic mass is 32.2. The van der Waals surface area contributed by atoms with E-state index in [2.05, 4.69) is 0 Å². The molecule has 0 aliphatic heterocycles. The van der Waals surface area contributed by atoms with E-state index in [0.717, 1.165) is 12.0 Å². The Balaban J connectivity index is 2.30. The van der Waals surface area contributed by atoms with Crippen LogP contribution in [0.3, 0.4) is 0 Å². The first-order chi connectivity index (χ1) is 10.4. The predicted octanol–water partition coefficient (Wildman–Crippen LogP) is 3.86. The van der Waals surface area contributed by atoms with E-state index >= 15 is 0 Å². The van der Waals surface area contributed by atoms with Crippen LogP contribution in [0.1, 0.15) is 24.5 Å². The lowest BCUT2D eigenvalue weighted by atomic mass is 10.2. The number of hydrogen-bond acceptors (Lipinski definition) is 4. The average molecular weight is 320 g/mol. The molecule has 0 heterocycles. The Kier molecular flexibility index (Phi) is 5.08. The maximum absolute atomic E-state index is 12.4. The average Bonchev–Trinajstić information content (AvgIpc) is 2.44. The topological polar surface area (TPSA) is 52.6 Å². The number of benzene rings is 2. The molecule has 0 bridgehead atoms. The first-order valence-corrected chi connectivity index (χ1v) is 8.58. The van der Waals surface area contributed by atoms with Gasteiger partial charge in [0.2, 0.25) is 0 Å². The Morgan fingerprint density at radius 3 is 2.36 bits per heavy atom. The van der Waals surface area contributed by atoms with Crippen LogP contribution in [0.25, 0.3) is 0 Å². The van der Waals surface area contributed by atoms with Crippen molar-refractivity contribution >= 4 is 10.1 Å². The SMILES string of the molecule is CCCOc1cc(C)cc(OS(=O)(=O)c2ccccc2C)c1. The van der Waals surface area contributed by atoms with Crippen LogP contribution >= 0.6 is 0 Å². The Morgan fingerprint density at radius 1 is 1.00 bits per heavy atom. The largest absolute Gasteiger partial charge is 0.493 e. The van der Waals surface area contributed by atoms with Gasteiger partial charge in [-0.3, -0.25) is 0 Å². The number of ether oxygens (including phenoxy) is 1. The molecule has 118 valence electrons. The number of rotatable bonds is 6. The van der Waals surface area contributed by atoms with Crippen molar-refractivity contribution in [3.05, 3.63) is 53.6 Å². The standard InChI is InChI=1S/C17H20O4S/c1-4-9-20-15-10-13(2)11-16(12-15)21-22(18,19)17-8-6-5-7-14(17)3/h5-8,10-12H,4,9H2,1-3H3. The van der Waals surface area contributed by atoms with E-state index in [1.165, 1.54) is 6.07 Å². The minimum atomic E-state index is -3.85. The molecule has 0 fully saturated rings. The third kappa shape index (κ3) is 4.01. The molecular weight excluding hydrogens is 300 g/mol. The molecule has 0 saturated carbocycles. The quantitative estimate of drug-likeness (QED) is 0.758. The molecule has 0 aliphatic rings. The lowest BCUT2D eigenvalue weighted by Gasteiger charge is -2.12. The van der Waals surface area contributed by atoms with Gasteiger partial charge in [0.25, 0.3) is 0 Å². The summed E-state index contributed by atoms with van der Waals surface area (Å²) >= 11 is 0. The van der Waals surface area contributed by atoms with Gasteiger partial charge in [0.1, 0.15) is 16.4 Å². The highest BCUT2D eigenvalue weighted by Crippen LogP contribution is 2.26. The molecule has 0 aliphatic carbocycles. The number of hydrogen-bond donors (Lipinski definition) is 0. The van der Waals surface area contributed by atoms with E-state index in [4.69, 9.17) is 8.92 Å². The molecule has 2 aromatic rings. The molecule has 2 rings (SSSR count). The summed E-state index contributed by atoms with van der Waals surface area (Å²) in [6.45, 7) is 6.19. The van der Waals surface area contributed by atoms with Gasteiger partial charge < -0.3 is 8.92 Å². The van der Waals surface area contributed by atoms with Gasteiger partial charge in [-0.2, -0.15) is 8.42 Å². The Labute approximate surface area is 131 Å². The van der Waals surface area contributed by atoms with Crippen molar-refractivity contribution in [3.63, 3.8) is 0 Å². The summed E-state index contributed by atoms with van der Waals surface area (Å²) in [4.78, 5) is 0.174. The maximum Gasteiger partial charge on any atom is 0.339 e. The lowest BCUT2D eigenvalue weighted by Crippen LogP contribution is -2.11. The van der Waals surface area contributed by atoms with Gasteiger partial charge in [0.15, 0.2) is 0 Å². The fraction of sp³-hybridized carbons (Fsp3) is 0.294. The molecule has 4 nitrogen and oxygen atoms in total. The maximum atomic E-state index is 12.4. The van der Waals surface area contributed by atoms with Gasteiger partial charge in [-0.1, -0.05) is 25.1 Å². The van der Waals surface area contributed by atoms with Gasteiger partial charge in [0, 0.05) is 6.07 Å². The molecule has 0 aromatic heterocycles. The monoisotopic (exact) mass is 320 g/mol. The van der Waals surface area contributed by atoms with Crippen LogP contribution in [0.5, 0.6) is 11.5 Å². The minimum Gasteiger partial charge on any atom is -0.493 e. The molecule has 0 amide bonds. The normalized spacial score (nSPS) is 11.2. The molecule has 0 N–H and O–H groups in total. The molecule has 2 aromatic carbocycles. The zero-order valence-electron chi connectivity index (χ0n) is 13.0. The van der Waals surface area contributed by atoms with E-state index in [1.54, 1.807) is 37.3 Å². The number of aryl methyl sites for hydroxylation is 2. The molecule has 0 radical (unpaired) electrons. The third-order valence-corrected chi connectivity index (χ3v) is 4.47. The first-order valence-electron chi connectivity index (χ1n) is 7.17. The van der Waals surface area contributed by atoms with Crippen LogP contribution < -0.4 is 8.92 Å². The molecule has 0 unspecified atom stereocenters. The van der Waals surface area contributed by atoms with Crippen molar-refractivity contribution in [2.75, 3.05) is 6.61 Å². The van der Waals surface area contributed by atoms with Crippen LogP contribution in [0, 0.1) is 13.8 Å². The summed E-state index contributed by atoms with van der Waals surface area (Å²) in [5.41, 5.74) is 1.53. The van der Waals surface area contributed by atoms with Crippen LogP contribution in [-0.4, -0.2) is 15.0 Å². The van der Waals surface area contributed by atoms with Crippen molar-refractivity contribution in [2.24, 2.45) is 0 Å². The van der Waals surface area contributed by atoms with Crippen molar-refractivity contribution in [3.8, 4) is 11.5 Å². The fourth-order valence-corrected chi connectivity index (χ4v) is 3.22. The second-order valence-corrected chi connectivity index (χ2v) is 6.65. The van der Waals surface area contributed by atoms with Gasteiger partial charge in [-0.05, 0) is 49.6 Å². The van der Waals surface area contributed by atoms with E-state index in [-0.39, 0.29) is 10.6 Å². The summed E-state index contributed by atoms with van der Waals surface area (Å²) in [6.07, 6.45) is 0.881. The van der Waals surface area contributed by atoms with E-state index in [9.17, 15) is 8.42 Å². The zero-order chi connectivity index (χ0) is 16.2. The second-order valence-electron chi connectivity index (χ2n) is 5.13. The predicted molar refractivity (Wildman–Crippen MR) is 86.0 cm³/mol. The van der Waals surface area contributed by atoms with Crippen LogP contribution in [-0.2, 0) is 10.1 Å². The highest BCUT2D eigenvalue weighted by Gasteiger charge is 2.19. The summed E-state index contributed by atoms with van der Waals surface area (Å²) in [5.74, 6) is 0.867. The fourth-order valence-electron chi connectivity index (χ4n) is 2.07. The van der Waals surface area contributed by atoms with Crippen molar-refractivity contribution in [1.29, 1.82) is 0 Å². The van der Waals surface area contributed by atoms with Crippen LogP contribution in [0.15, 0.2) is 47.4 Å². The summed E-state index contributed by atoms with van der Waals surface area (Å²) in [6, 6.07) is 11.9. The third-order valence-electron chi connectivity index (χ3n) is 3.07. The van der Waals surface area contributed by atoms with Gasteiger partial charge >= 0.3 is 10.1 Å². The molecule has 0 atom stereocenters. The first kappa shape index (κ1) is 16.4. The van der Waals surface area contributed by atoms with Crippen molar-refractivity contribution in [1.82, 2.24) is 0 Å². The van der Waals surface area contributed by atoms with Gasteiger partial charge in [-0.15, -0.1) is 0 Å². The van der Waals surface area contributed by atoms with Crippen LogP contribution in [0.2, 0.25) is 0 Å². The summed E-state index contributed by atoms with van der Waals surface area (Å²) in [7, 11) is -3.85. The van der Waals surface area contributed by atoms with Crippen molar-refractivity contribution < 1.29 is 17.3 Å². The molecule has 22 heavy (non-hydrogen) atoms. The Hall–Kier alpha value is -2.01. The van der Waals surface area contributed by atoms with Crippen molar-refractivity contribution in [2.45, 2.75) is 32.1 Å². The van der Waals surface area contributed by atoms with E-state index < -0.39 is 10.1 Å². The lowest BCUT2D eigenvalue weighted by molar-refractivity contribution is 0.316. The van der Waals surface area contributed by atoms with Gasteiger partial charge in [0.05, 0.1) is 6.61 Å². The van der Waals surface area contributed by atoms with E-state index in [0.29, 0.717) is 17.9 Å². The molecule has 0 saturated heterocycles. The minimum absolute atomic E-state index is 0.174. The molecule has 5 heteroatoms. The highest BCUT2D eigenvalue weighted by molar-refractivity contribution is 7.87. The Bertz CT molecular complexity index is 751. The van der Waals surface area contributed by atoms with Crippen LogP contribution in [0.4, 0.5) is 0 Å². The van der Waals surface area contributed by atoms with E-state index in [1.807, 2.05) is 19.9 Å². The smallest absolute Gasteiger partial charge is 0.339 e. The summed E-state index contributed by atoms with van der Waals surface area (Å²) in [5, 5.41) is 0. The zero-order valence-corrected chi connectivity index (χ0v) is 13.8. The summed E-state index contributed by atoms with van der Waals surface area (Å²) < 4.78 is 35.6. The molecule has 0 spiro atoms. The second kappa shape index (κ2) is 6.83. The Morgan fingerprint density at radius 2 is 1.68 bits per heavy atom. The molecular formula is C17H20O4S. The van der Waals surface area contributed by atoms with Gasteiger partial charge in [-0.25, -0.2) is 0 Å².